The first-order chi connectivity index (χ1) is 6.90. The summed E-state index contributed by atoms with van der Waals surface area (Å²) in [5.74, 6) is 0.702. The summed E-state index contributed by atoms with van der Waals surface area (Å²) in [6.07, 6.45) is 10.3. The molecule has 0 radical (unpaired) electrons. The standard InChI is InChI=1S/C12H19NO/c1-13-12-5-3-2-4-10(8-12)11-6-7-14-9-11/h6-7,9-10,12-13H,2-5,8H2,1H3. The van der Waals surface area contributed by atoms with E-state index < -0.39 is 0 Å². The molecule has 0 saturated heterocycles. The Bertz CT molecular complexity index is 255. The van der Waals surface area contributed by atoms with Crippen molar-refractivity contribution in [1.29, 1.82) is 0 Å². The molecule has 2 heteroatoms. The van der Waals surface area contributed by atoms with Crippen molar-refractivity contribution in [1.82, 2.24) is 5.32 Å². The van der Waals surface area contributed by atoms with Crippen molar-refractivity contribution < 1.29 is 4.42 Å². The largest absolute Gasteiger partial charge is 0.472 e. The third-order valence-corrected chi connectivity index (χ3v) is 3.35. The first-order valence-corrected chi connectivity index (χ1v) is 5.59. The molecule has 0 aliphatic heterocycles. The van der Waals surface area contributed by atoms with Crippen LogP contribution in [-0.4, -0.2) is 13.1 Å². The lowest BCUT2D eigenvalue weighted by molar-refractivity contribution is 0.467. The molecule has 0 aromatic carbocycles. The van der Waals surface area contributed by atoms with Crippen molar-refractivity contribution >= 4 is 0 Å². The van der Waals surface area contributed by atoms with Gasteiger partial charge >= 0.3 is 0 Å². The van der Waals surface area contributed by atoms with Gasteiger partial charge in [0.15, 0.2) is 0 Å². The highest BCUT2D eigenvalue weighted by molar-refractivity contribution is 5.13. The molecule has 1 aromatic heterocycles. The van der Waals surface area contributed by atoms with Crippen molar-refractivity contribution in [3.8, 4) is 0 Å². The Kier molecular flexibility index (Phi) is 3.25. The van der Waals surface area contributed by atoms with E-state index in [1.165, 1.54) is 37.7 Å². The van der Waals surface area contributed by atoms with E-state index >= 15 is 0 Å². The number of furan rings is 1. The van der Waals surface area contributed by atoms with Gasteiger partial charge in [-0.2, -0.15) is 0 Å². The van der Waals surface area contributed by atoms with Crippen molar-refractivity contribution in [3.05, 3.63) is 24.2 Å². The molecule has 1 saturated carbocycles. The van der Waals surface area contributed by atoms with Gasteiger partial charge in [0, 0.05) is 6.04 Å². The molecule has 2 atom stereocenters. The van der Waals surface area contributed by atoms with E-state index in [1.54, 1.807) is 6.26 Å². The molecule has 1 heterocycles. The maximum Gasteiger partial charge on any atom is 0.0937 e. The molecule has 78 valence electrons. The number of nitrogens with one attached hydrogen (secondary N) is 1. The van der Waals surface area contributed by atoms with Gasteiger partial charge in [-0.25, -0.2) is 0 Å². The van der Waals surface area contributed by atoms with Gasteiger partial charge in [-0.15, -0.1) is 0 Å². The highest BCUT2D eigenvalue weighted by atomic mass is 16.3. The summed E-state index contributed by atoms with van der Waals surface area (Å²) in [5, 5.41) is 3.41. The second kappa shape index (κ2) is 4.65. The summed E-state index contributed by atoms with van der Waals surface area (Å²) in [6.45, 7) is 0. The van der Waals surface area contributed by atoms with Crippen LogP contribution < -0.4 is 5.32 Å². The van der Waals surface area contributed by atoms with Crippen LogP contribution in [0.5, 0.6) is 0 Å². The third-order valence-electron chi connectivity index (χ3n) is 3.35. The van der Waals surface area contributed by atoms with E-state index in [9.17, 15) is 0 Å². The molecule has 1 aliphatic rings. The SMILES string of the molecule is CNC1CCCCC(c2ccoc2)C1. The van der Waals surface area contributed by atoms with Crippen LogP contribution in [0.1, 0.15) is 43.6 Å². The van der Waals surface area contributed by atoms with E-state index in [4.69, 9.17) is 4.42 Å². The zero-order valence-corrected chi connectivity index (χ0v) is 8.83. The second-order valence-corrected chi connectivity index (χ2v) is 4.26. The summed E-state index contributed by atoms with van der Waals surface area (Å²) >= 11 is 0. The summed E-state index contributed by atoms with van der Waals surface area (Å²) in [5.41, 5.74) is 1.38. The minimum atomic E-state index is 0.692. The maximum atomic E-state index is 5.16. The molecule has 1 fully saturated rings. The Balaban J connectivity index is 2.03. The fraction of sp³-hybridized carbons (Fsp3) is 0.667. The molecule has 2 rings (SSSR count). The van der Waals surface area contributed by atoms with Crippen LogP contribution in [0.25, 0.3) is 0 Å². The first-order valence-electron chi connectivity index (χ1n) is 5.59. The third kappa shape index (κ3) is 2.18. The molecule has 1 N–H and O–H groups in total. The van der Waals surface area contributed by atoms with Crippen molar-refractivity contribution in [2.75, 3.05) is 7.05 Å². The quantitative estimate of drug-likeness (QED) is 0.730. The van der Waals surface area contributed by atoms with Crippen LogP contribution in [0.3, 0.4) is 0 Å². The second-order valence-electron chi connectivity index (χ2n) is 4.26. The molecule has 1 aromatic rings. The molecule has 2 unspecified atom stereocenters. The van der Waals surface area contributed by atoms with Gasteiger partial charge in [0.05, 0.1) is 12.5 Å². The first kappa shape index (κ1) is 9.78. The van der Waals surface area contributed by atoms with Gasteiger partial charge in [0.2, 0.25) is 0 Å². The lowest BCUT2D eigenvalue weighted by Crippen LogP contribution is -2.25. The van der Waals surface area contributed by atoms with E-state index in [-0.39, 0.29) is 0 Å². The number of rotatable bonds is 2. The summed E-state index contributed by atoms with van der Waals surface area (Å²) in [6, 6.07) is 2.81. The van der Waals surface area contributed by atoms with Crippen molar-refractivity contribution in [2.24, 2.45) is 0 Å². The smallest absolute Gasteiger partial charge is 0.0937 e. The van der Waals surface area contributed by atoms with Gasteiger partial charge in [-0.05, 0) is 43.9 Å². The van der Waals surface area contributed by atoms with Gasteiger partial charge in [-0.3, -0.25) is 0 Å². The van der Waals surface area contributed by atoms with Gasteiger partial charge in [0.25, 0.3) is 0 Å². The van der Waals surface area contributed by atoms with E-state index in [1.807, 2.05) is 6.26 Å². The molecule has 1 aliphatic carbocycles. The van der Waals surface area contributed by atoms with Crippen molar-refractivity contribution in [3.63, 3.8) is 0 Å². The number of hydrogen-bond donors (Lipinski definition) is 1. The predicted molar refractivity (Wildman–Crippen MR) is 57.4 cm³/mol. The molecule has 0 spiro atoms. The summed E-state index contributed by atoms with van der Waals surface area (Å²) in [7, 11) is 2.07. The Labute approximate surface area is 85.7 Å². The summed E-state index contributed by atoms with van der Waals surface area (Å²) in [4.78, 5) is 0. The number of hydrogen-bond acceptors (Lipinski definition) is 2. The van der Waals surface area contributed by atoms with Crippen LogP contribution in [0.15, 0.2) is 23.0 Å². The van der Waals surface area contributed by atoms with E-state index in [2.05, 4.69) is 18.4 Å². The van der Waals surface area contributed by atoms with Gasteiger partial charge in [0.1, 0.15) is 0 Å². The molecule has 0 bridgehead atoms. The summed E-state index contributed by atoms with van der Waals surface area (Å²) < 4.78 is 5.16. The van der Waals surface area contributed by atoms with Gasteiger partial charge in [-0.1, -0.05) is 12.8 Å². The predicted octanol–water partition coefficient (Wildman–Crippen LogP) is 2.92. The minimum Gasteiger partial charge on any atom is -0.472 e. The van der Waals surface area contributed by atoms with Crippen LogP contribution in [0, 0.1) is 0 Å². The van der Waals surface area contributed by atoms with Crippen molar-refractivity contribution in [2.45, 2.75) is 44.1 Å². The van der Waals surface area contributed by atoms with E-state index in [0.717, 1.165) is 0 Å². The van der Waals surface area contributed by atoms with Crippen LogP contribution in [0.2, 0.25) is 0 Å². The maximum absolute atomic E-state index is 5.16. The highest BCUT2D eigenvalue weighted by Gasteiger charge is 2.20. The molecule has 0 amide bonds. The van der Waals surface area contributed by atoms with Crippen LogP contribution >= 0.6 is 0 Å². The molecular weight excluding hydrogens is 174 g/mol. The minimum absolute atomic E-state index is 0.692. The fourth-order valence-electron chi connectivity index (χ4n) is 2.43. The fourth-order valence-corrected chi connectivity index (χ4v) is 2.43. The monoisotopic (exact) mass is 193 g/mol. The topological polar surface area (TPSA) is 25.2 Å². The average Bonchev–Trinajstić information content (AvgIpc) is 2.63. The Morgan fingerprint density at radius 1 is 1.36 bits per heavy atom. The Morgan fingerprint density at radius 3 is 2.93 bits per heavy atom. The molecule has 14 heavy (non-hydrogen) atoms. The van der Waals surface area contributed by atoms with Crippen LogP contribution in [0.4, 0.5) is 0 Å². The van der Waals surface area contributed by atoms with Crippen LogP contribution in [-0.2, 0) is 0 Å². The van der Waals surface area contributed by atoms with Gasteiger partial charge < -0.3 is 9.73 Å². The normalized spacial score (nSPS) is 28.6. The lowest BCUT2D eigenvalue weighted by atomic mass is 9.92. The highest BCUT2D eigenvalue weighted by Crippen LogP contribution is 2.31. The average molecular weight is 193 g/mol. The Hall–Kier alpha value is -0.760. The zero-order chi connectivity index (χ0) is 9.80. The Morgan fingerprint density at radius 2 is 2.21 bits per heavy atom. The lowest BCUT2D eigenvalue weighted by Gasteiger charge is -2.18. The molecular formula is C12H19NO. The zero-order valence-electron chi connectivity index (χ0n) is 8.83. The molecule has 2 nitrogen and oxygen atoms in total. The van der Waals surface area contributed by atoms with E-state index in [0.29, 0.717) is 12.0 Å².